The van der Waals surface area contributed by atoms with E-state index in [0.717, 1.165) is 12.1 Å². The van der Waals surface area contributed by atoms with Crippen molar-refractivity contribution in [2.24, 2.45) is 0 Å². The highest BCUT2D eigenvalue weighted by Crippen LogP contribution is 2.14. The molecule has 0 saturated heterocycles. The second-order valence-electron chi connectivity index (χ2n) is 3.20. The first-order valence-corrected chi connectivity index (χ1v) is 4.28. The van der Waals surface area contributed by atoms with Crippen molar-refractivity contribution < 1.29 is 4.39 Å². The van der Waals surface area contributed by atoms with Crippen LogP contribution < -0.4 is 5.32 Å². The van der Waals surface area contributed by atoms with E-state index in [4.69, 9.17) is 0 Å². The van der Waals surface area contributed by atoms with E-state index < -0.39 is 6.17 Å². The molecule has 1 aromatic rings. The van der Waals surface area contributed by atoms with E-state index >= 15 is 0 Å². The molecule has 1 aliphatic heterocycles. The first kappa shape index (κ1) is 10.5. The zero-order chi connectivity index (χ0) is 8.39. The van der Waals surface area contributed by atoms with Gasteiger partial charge in [0.25, 0.3) is 0 Å². The molecule has 0 amide bonds. The predicted octanol–water partition coefficient (Wildman–Crippen LogP) is 2.09. The summed E-state index contributed by atoms with van der Waals surface area (Å²) in [7, 11) is 0. The van der Waals surface area contributed by atoms with Crippen LogP contribution in [0.15, 0.2) is 24.3 Å². The zero-order valence-electron chi connectivity index (χ0n) is 7.29. The lowest BCUT2D eigenvalue weighted by molar-refractivity contribution is 0.324. The van der Waals surface area contributed by atoms with Gasteiger partial charge >= 0.3 is 0 Å². The maximum absolute atomic E-state index is 13.1. The van der Waals surface area contributed by atoms with Gasteiger partial charge in [0.15, 0.2) is 0 Å². The molecule has 0 bridgehead atoms. The van der Waals surface area contributed by atoms with Gasteiger partial charge in [0, 0.05) is 19.5 Å². The molecule has 1 aromatic carbocycles. The average molecular weight is 202 g/mol. The van der Waals surface area contributed by atoms with E-state index in [9.17, 15) is 4.39 Å². The molecule has 0 radical (unpaired) electrons. The summed E-state index contributed by atoms with van der Waals surface area (Å²) in [4.78, 5) is 0. The largest absolute Gasteiger partial charge is 0.310 e. The molecule has 1 aliphatic rings. The molecule has 1 unspecified atom stereocenters. The van der Waals surface area contributed by atoms with E-state index in [1.807, 2.05) is 18.2 Å². The number of fused-ring (bicyclic) bond motifs is 1. The lowest BCUT2D eigenvalue weighted by atomic mass is 10.0. The van der Waals surface area contributed by atoms with Crippen molar-refractivity contribution in [3.05, 3.63) is 35.4 Å². The van der Waals surface area contributed by atoms with Gasteiger partial charge in [-0.05, 0) is 11.1 Å². The van der Waals surface area contributed by atoms with Gasteiger partial charge in [-0.3, -0.25) is 0 Å². The topological polar surface area (TPSA) is 12.0 Å². The first-order valence-electron chi connectivity index (χ1n) is 4.28. The lowest BCUT2D eigenvalue weighted by Gasteiger charge is -2.03. The van der Waals surface area contributed by atoms with E-state index in [2.05, 4.69) is 11.4 Å². The summed E-state index contributed by atoms with van der Waals surface area (Å²) in [5.41, 5.74) is 2.38. The molecule has 0 aromatic heterocycles. The molecule has 1 N–H and O–H groups in total. The molecule has 72 valence electrons. The fourth-order valence-electron chi connectivity index (χ4n) is 1.60. The van der Waals surface area contributed by atoms with Crippen LogP contribution in [0.1, 0.15) is 11.1 Å². The number of halogens is 2. The Morgan fingerprint density at radius 2 is 1.92 bits per heavy atom. The number of rotatable bonds is 0. The highest BCUT2D eigenvalue weighted by Gasteiger charge is 2.13. The van der Waals surface area contributed by atoms with Crippen LogP contribution in [0.5, 0.6) is 0 Å². The molecule has 1 nitrogen and oxygen atoms in total. The Balaban J connectivity index is 0.000000845. The Kier molecular flexibility index (Phi) is 3.70. The third-order valence-corrected chi connectivity index (χ3v) is 2.24. The van der Waals surface area contributed by atoms with Gasteiger partial charge < -0.3 is 5.32 Å². The summed E-state index contributed by atoms with van der Waals surface area (Å²) in [6.07, 6.45) is -0.169. The second kappa shape index (κ2) is 4.58. The summed E-state index contributed by atoms with van der Waals surface area (Å²) in [6, 6.07) is 8.03. The Hall–Kier alpha value is -0.600. The van der Waals surface area contributed by atoms with E-state index in [1.54, 1.807) is 0 Å². The van der Waals surface area contributed by atoms with Crippen molar-refractivity contribution in [3.8, 4) is 0 Å². The highest BCUT2D eigenvalue weighted by atomic mass is 35.5. The van der Waals surface area contributed by atoms with Gasteiger partial charge in [-0.2, -0.15) is 0 Å². The van der Waals surface area contributed by atoms with Gasteiger partial charge in [-0.1, -0.05) is 24.3 Å². The fourth-order valence-corrected chi connectivity index (χ4v) is 1.60. The Morgan fingerprint density at radius 1 is 1.23 bits per heavy atom. The maximum Gasteiger partial charge on any atom is 0.117 e. The number of hydrogen-bond donors (Lipinski definition) is 1. The first-order chi connectivity index (χ1) is 5.86. The molecule has 0 fully saturated rings. The van der Waals surface area contributed by atoms with Crippen LogP contribution in [-0.2, 0) is 13.0 Å². The highest BCUT2D eigenvalue weighted by molar-refractivity contribution is 5.85. The predicted molar refractivity (Wildman–Crippen MR) is 54.0 cm³/mol. The summed E-state index contributed by atoms with van der Waals surface area (Å²) in [6.45, 7) is 1.28. The zero-order valence-corrected chi connectivity index (χ0v) is 8.11. The van der Waals surface area contributed by atoms with Crippen LogP contribution in [0, 0.1) is 0 Å². The molecule has 13 heavy (non-hydrogen) atoms. The molecular weight excluding hydrogens is 189 g/mol. The lowest BCUT2D eigenvalue weighted by Crippen LogP contribution is -2.20. The Bertz CT molecular complexity index is 277. The SMILES string of the molecule is Cl.FC1CNCc2ccccc2C1. The minimum absolute atomic E-state index is 0. The van der Waals surface area contributed by atoms with Crippen molar-refractivity contribution in [2.75, 3.05) is 6.54 Å². The summed E-state index contributed by atoms with van der Waals surface area (Å²) in [5, 5.41) is 3.08. The van der Waals surface area contributed by atoms with Crippen molar-refractivity contribution >= 4 is 12.4 Å². The number of hydrogen-bond acceptors (Lipinski definition) is 1. The van der Waals surface area contributed by atoms with Gasteiger partial charge in [0.05, 0.1) is 0 Å². The number of benzene rings is 1. The van der Waals surface area contributed by atoms with Crippen LogP contribution in [0.25, 0.3) is 0 Å². The monoisotopic (exact) mass is 201 g/mol. The minimum Gasteiger partial charge on any atom is -0.310 e. The molecule has 0 saturated carbocycles. The maximum atomic E-state index is 13.1. The normalized spacial score (nSPS) is 21.2. The van der Waals surface area contributed by atoms with Crippen molar-refractivity contribution in [1.82, 2.24) is 5.32 Å². The van der Waals surface area contributed by atoms with Crippen LogP contribution in [-0.4, -0.2) is 12.7 Å². The van der Waals surface area contributed by atoms with E-state index in [0.29, 0.717) is 13.0 Å². The molecule has 1 atom stereocenters. The quantitative estimate of drug-likeness (QED) is 0.678. The molecule has 3 heteroatoms. The molecule has 0 aliphatic carbocycles. The van der Waals surface area contributed by atoms with E-state index in [1.165, 1.54) is 5.56 Å². The molecule has 2 rings (SSSR count). The van der Waals surface area contributed by atoms with Crippen LogP contribution in [0.2, 0.25) is 0 Å². The third-order valence-electron chi connectivity index (χ3n) is 2.24. The fraction of sp³-hybridized carbons (Fsp3) is 0.400. The van der Waals surface area contributed by atoms with Crippen LogP contribution in [0.3, 0.4) is 0 Å². The second-order valence-corrected chi connectivity index (χ2v) is 3.20. The van der Waals surface area contributed by atoms with Crippen LogP contribution >= 0.6 is 12.4 Å². The van der Waals surface area contributed by atoms with Crippen molar-refractivity contribution in [1.29, 1.82) is 0 Å². The minimum atomic E-state index is -0.728. The standard InChI is InChI=1S/C10H12FN.ClH/c11-10-5-8-3-1-2-4-9(8)6-12-7-10;/h1-4,10,12H,5-7H2;1H. The summed E-state index contributed by atoms with van der Waals surface area (Å²) < 4.78 is 13.1. The molecule has 0 spiro atoms. The number of nitrogens with one attached hydrogen (secondary N) is 1. The Labute approximate surface area is 83.8 Å². The Morgan fingerprint density at radius 3 is 2.69 bits per heavy atom. The van der Waals surface area contributed by atoms with Crippen molar-refractivity contribution in [3.63, 3.8) is 0 Å². The molecular formula is C10H13ClFN. The third kappa shape index (κ3) is 2.42. The van der Waals surface area contributed by atoms with E-state index in [-0.39, 0.29) is 12.4 Å². The number of alkyl halides is 1. The van der Waals surface area contributed by atoms with Gasteiger partial charge in [-0.25, -0.2) is 4.39 Å². The summed E-state index contributed by atoms with van der Waals surface area (Å²) >= 11 is 0. The van der Waals surface area contributed by atoms with Gasteiger partial charge in [0.1, 0.15) is 6.17 Å². The van der Waals surface area contributed by atoms with Crippen molar-refractivity contribution in [2.45, 2.75) is 19.1 Å². The average Bonchev–Trinajstić information content (AvgIpc) is 2.25. The van der Waals surface area contributed by atoms with Gasteiger partial charge in [-0.15, -0.1) is 12.4 Å². The molecule has 1 heterocycles. The van der Waals surface area contributed by atoms with Crippen LogP contribution in [0.4, 0.5) is 4.39 Å². The smallest absolute Gasteiger partial charge is 0.117 e. The van der Waals surface area contributed by atoms with Gasteiger partial charge in [0.2, 0.25) is 0 Å². The summed E-state index contributed by atoms with van der Waals surface area (Å²) in [5.74, 6) is 0.